The van der Waals surface area contributed by atoms with Gasteiger partial charge in [0.15, 0.2) is 6.19 Å². The van der Waals surface area contributed by atoms with Gasteiger partial charge in [0, 0.05) is 37.3 Å². The van der Waals surface area contributed by atoms with Crippen molar-refractivity contribution in [1.29, 1.82) is 10.5 Å². The molecule has 37 heavy (non-hydrogen) atoms. The summed E-state index contributed by atoms with van der Waals surface area (Å²) in [5.74, 6) is -3.13. The first kappa shape index (κ1) is 22.9. The quantitative estimate of drug-likeness (QED) is 0.389. The Kier molecular flexibility index (Phi) is 5.26. The highest BCUT2D eigenvalue weighted by Crippen LogP contribution is 2.45. The molecule has 5 heterocycles. The number of nitrogens with zero attached hydrogens (tertiary/aromatic N) is 9. The Morgan fingerprint density at radius 2 is 1.97 bits per heavy atom. The third kappa shape index (κ3) is 3.73. The van der Waals surface area contributed by atoms with Crippen molar-refractivity contribution in [1.82, 2.24) is 34.3 Å². The molecular formula is C25H21F2N9O. The molecule has 186 valence electrons. The minimum absolute atomic E-state index is 0.0426. The summed E-state index contributed by atoms with van der Waals surface area (Å²) in [6.07, 6.45) is 4.45. The molecule has 6 rings (SSSR count). The SMILES string of the molecule is Cc1c(-c2cc(OC3c4ncccc4CC3(F)F)n3c(C#N)cnc3c2)nnn1C1CCN(C#N)CC1. The van der Waals surface area contributed by atoms with Crippen LogP contribution in [-0.4, -0.2) is 53.3 Å². The number of alkyl halides is 2. The first-order valence-electron chi connectivity index (χ1n) is 11.9. The molecule has 0 radical (unpaired) electrons. The first-order chi connectivity index (χ1) is 17.9. The van der Waals surface area contributed by atoms with Gasteiger partial charge in [-0.15, -0.1) is 5.10 Å². The Hall–Kier alpha value is -4.58. The normalized spacial score (nSPS) is 18.9. The number of piperidine rings is 1. The largest absolute Gasteiger partial charge is 0.462 e. The molecule has 1 aliphatic carbocycles. The second kappa shape index (κ2) is 8.52. The standard InChI is InChI=1S/C25H21F2N9O/c1-15-22(32-33-36(15)18-4-7-34(14-29)8-5-18)17-9-20-31-13-19(12-28)35(20)21(10-17)37-24-23-16(3-2-6-30-23)11-25(24,26)27/h2-3,6,9-10,13,18,24H,4-5,7-8,11H2,1H3. The number of aromatic nitrogens is 6. The topological polar surface area (TPSA) is 121 Å². The molecule has 1 unspecified atom stereocenters. The van der Waals surface area contributed by atoms with Crippen LogP contribution in [-0.2, 0) is 6.42 Å². The lowest BCUT2D eigenvalue weighted by atomic mass is 10.0. The minimum atomic E-state index is -3.18. The van der Waals surface area contributed by atoms with Gasteiger partial charge < -0.3 is 9.64 Å². The summed E-state index contributed by atoms with van der Waals surface area (Å²) in [7, 11) is 0. The first-order valence-corrected chi connectivity index (χ1v) is 11.9. The molecule has 0 bridgehead atoms. The second-order valence-corrected chi connectivity index (χ2v) is 9.30. The van der Waals surface area contributed by atoms with Gasteiger partial charge in [-0.3, -0.25) is 9.38 Å². The van der Waals surface area contributed by atoms with E-state index in [1.807, 2.05) is 17.7 Å². The van der Waals surface area contributed by atoms with Crippen molar-refractivity contribution in [3.63, 3.8) is 0 Å². The highest BCUT2D eigenvalue weighted by Gasteiger charge is 2.51. The molecule has 0 N–H and O–H groups in total. The van der Waals surface area contributed by atoms with E-state index in [-0.39, 0.29) is 23.3 Å². The van der Waals surface area contributed by atoms with E-state index in [1.165, 1.54) is 16.8 Å². The highest BCUT2D eigenvalue weighted by atomic mass is 19.3. The summed E-state index contributed by atoms with van der Waals surface area (Å²) in [4.78, 5) is 10.2. The average Bonchev–Trinajstić information content (AvgIpc) is 3.57. The summed E-state index contributed by atoms with van der Waals surface area (Å²) < 4.78 is 39.3. The third-order valence-corrected chi connectivity index (χ3v) is 7.06. The van der Waals surface area contributed by atoms with E-state index in [2.05, 4.69) is 26.5 Å². The van der Waals surface area contributed by atoms with Crippen LogP contribution in [0.25, 0.3) is 16.9 Å². The smallest absolute Gasteiger partial charge is 0.293 e. The summed E-state index contributed by atoms with van der Waals surface area (Å²) in [6.45, 7) is 3.19. The van der Waals surface area contributed by atoms with Crippen molar-refractivity contribution < 1.29 is 13.5 Å². The molecular weight excluding hydrogens is 480 g/mol. The van der Waals surface area contributed by atoms with Crippen molar-refractivity contribution >= 4 is 5.65 Å². The molecule has 4 aromatic rings. The van der Waals surface area contributed by atoms with Gasteiger partial charge in [-0.25, -0.2) is 18.4 Å². The van der Waals surface area contributed by atoms with Crippen LogP contribution >= 0.6 is 0 Å². The zero-order valence-corrected chi connectivity index (χ0v) is 19.8. The lowest BCUT2D eigenvalue weighted by Crippen LogP contribution is -2.31. The van der Waals surface area contributed by atoms with Gasteiger partial charge >= 0.3 is 0 Å². The number of rotatable bonds is 4. The van der Waals surface area contributed by atoms with Crippen molar-refractivity contribution in [3.05, 3.63) is 59.3 Å². The van der Waals surface area contributed by atoms with E-state index in [9.17, 15) is 5.26 Å². The molecule has 0 amide bonds. The number of hydrogen-bond donors (Lipinski definition) is 0. The molecule has 1 aliphatic heterocycles. The zero-order valence-electron chi connectivity index (χ0n) is 19.8. The highest BCUT2D eigenvalue weighted by molar-refractivity contribution is 5.68. The monoisotopic (exact) mass is 501 g/mol. The maximum absolute atomic E-state index is 15.0. The van der Waals surface area contributed by atoms with E-state index in [0.29, 0.717) is 35.6 Å². The number of nitriles is 2. The predicted octanol–water partition coefficient (Wildman–Crippen LogP) is 3.60. The Morgan fingerprint density at radius 3 is 2.73 bits per heavy atom. The second-order valence-electron chi connectivity index (χ2n) is 9.30. The van der Waals surface area contributed by atoms with Gasteiger partial charge in [-0.2, -0.15) is 10.5 Å². The molecule has 10 nitrogen and oxygen atoms in total. The van der Waals surface area contributed by atoms with E-state index in [0.717, 1.165) is 18.5 Å². The lowest BCUT2D eigenvalue weighted by molar-refractivity contribution is -0.0876. The summed E-state index contributed by atoms with van der Waals surface area (Å²) in [5, 5.41) is 27.5. The molecule has 0 aromatic carbocycles. The fourth-order valence-electron chi connectivity index (χ4n) is 5.19. The molecule has 1 saturated heterocycles. The number of ether oxygens (including phenoxy) is 1. The van der Waals surface area contributed by atoms with Crippen LogP contribution in [0.4, 0.5) is 8.78 Å². The Labute approximate surface area is 210 Å². The van der Waals surface area contributed by atoms with Crippen LogP contribution < -0.4 is 4.74 Å². The number of imidazole rings is 1. The van der Waals surface area contributed by atoms with Gasteiger partial charge in [-0.05, 0) is 37.5 Å². The van der Waals surface area contributed by atoms with Gasteiger partial charge in [0.2, 0.25) is 12.0 Å². The predicted molar refractivity (Wildman–Crippen MR) is 125 cm³/mol. The van der Waals surface area contributed by atoms with Crippen molar-refractivity contribution in [2.45, 2.75) is 44.3 Å². The van der Waals surface area contributed by atoms with Gasteiger partial charge in [-0.1, -0.05) is 11.3 Å². The Bertz CT molecular complexity index is 1590. The van der Waals surface area contributed by atoms with Crippen LogP contribution in [0.1, 0.15) is 47.6 Å². The van der Waals surface area contributed by atoms with Crippen LogP contribution in [0.5, 0.6) is 5.88 Å². The number of pyridine rings is 2. The Morgan fingerprint density at radius 1 is 1.16 bits per heavy atom. The minimum Gasteiger partial charge on any atom is -0.462 e. The van der Waals surface area contributed by atoms with Gasteiger partial charge in [0.05, 0.1) is 23.6 Å². The maximum Gasteiger partial charge on any atom is 0.293 e. The van der Waals surface area contributed by atoms with Crippen molar-refractivity contribution in [2.24, 2.45) is 0 Å². The molecule has 1 atom stereocenters. The lowest BCUT2D eigenvalue weighted by Gasteiger charge is -2.28. The van der Waals surface area contributed by atoms with E-state index < -0.39 is 18.4 Å². The zero-order chi connectivity index (χ0) is 25.7. The van der Waals surface area contributed by atoms with Crippen LogP contribution in [0, 0.1) is 29.7 Å². The molecule has 12 heteroatoms. The van der Waals surface area contributed by atoms with Crippen LogP contribution in [0.15, 0.2) is 36.7 Å². The van der Waals surface area contributed by atoms with Crippen LogP contribution in [0.3, 0.4) is 0 Å². The summed E-state index contributed by atoms with van der Waals surface area (Å²) in [6, 6.07) is 8.69. The van der Waals surface area contributed by atoms with E-state index in [4.69, 9.17) is 10.00 Å². The van der Waals surface area contributed by atoms with E-state index in [1.54, 1.807) is 29.2 Å². The van der Waals surface area contributed by atoms with E-state index >= 15 is 8.78 Å². The fraction of sp³-hybridized carbons (Fsp3) is 0.360. The van der Waals surface area contributed by atoms with Crippen LogP contribution in [0.2, 0.25) is 0 Å². The maximum atomic E-state index is 15.0. The van der Waals surface area contributed by atoms with Gasteiger partial charge in [0.1, 0.15) is 23.1 Å². The third-order valence-electron chi connectivity index (χ3n) is 7.06. The number of fused-ring (bicyclic) bond motifs is 2. The molecule has 4 aromatic heterocycles. The number of hydrogen-bond acceptors (Lipinski definition) is 8. The number of halogens is 2. The van der Waals surface area contributed by atoms with Crippen molar-refractivity contribution in [3.8, 4) is 29.4 Å². The molecule has 0 spiro atoms. The molecule has 1 fully saturated rings. The number of likely N-dealkylation sites (tertiary alicyclic amines) is 1. The Balaban J connectivity index is 1.41. The fourth-order valence-corrected chi connectivity index (χ4v) is 5.19. The van der Waals surface area contributed by atoms with Gasteiger partial charge in [0.25, 0.3) is 5.92 Å². The average molecular weight is 502 g/mol. The molecule has 2 aliphatic rings. The summed E-state index contributed by atoms with van der Waals surface area (Å²) in [5.41, 5.74) is 3.07. The summed E-state index contributed by atoms with van der Waals surface area (Å²) >= 11 is 0. The molecule has 0 saturated carbocycles. The van der Waals surface area contributed by atoms with Crippen molar-refractivity contribution in [2.75, 3.05) is 13.1 Å².